The van der Waals surface area contributed by atoms with Crippen molar-refractivity contribution in [2.24, 2.45) is 5.92 Å². The van der Waals surface area contributed by atoms with Crippen molar-refractivity contribution in [3.8, 4) is 17.0 Å². The molecule has 0 bridgehead atoms. The van der Waals surface area contributed by atoms with Crippen molar-refractivity contribution in [2.45, 2.75) is 44.0 Å². The average molecular weight is 515 g/mol. The van der Waals surface area contributed by atoms with E-state index in [1.54, 1.807) is 24.5 Å². The van der Waals surface area contributed by atoms with Gasteiger partial charge in [0.25, 0.3) is 5.91 Å². The number of aliphatic carboxylic acids is 1. The molecule has 37 heavy (non-hydrogen) atoms. The van der Waals surface area contributed by atoms with Crippen LogP contribution in [0.15, 0.2) is 55.1 Å². The molecule has 1 aliphatic carbocycles. The van der Waals surface area contributed by atoms with Crippen LogP contribution in [0.25, 0.3) is 11.3 Å². The number of halogens is 3. The molecule has 3 aromatic rings. The van der Waals surface area contributed by atoms with Crippen LogP contribution in [0.2, 0.25) is 0 Å². The van der Waals surface area contributed by atoms with Crippen molar-refractivity contribution in [1.29, 1.82) is 0 Å². The molecule has 1 spiro atoms. The van der Waals surface area contributed by atoms with Crippen LogP contribution in [-0.4, -0.2) is 55.7 Å². The number of fused-ring (bicyclic) bond motifs is 4. The predicted octanol–water partition coefficient (Wildman–Crippen LogP) is 4.51. The van der Waals surface area contributed by atoms with E-state index in [-0.39, 0.29) is 5.91 Å². The molecule has 0 atom stereocenters. The number of rotatable bonds is 3. The molecular formula is C26H25F3N4O4. The summed E-state index contributed by atoms with van der Waals surface area (Å²) >= 11 is 0. The second kappa shape index (κ2) is 9.53. The number of aromatic nitrogens is 3. The summed E-state index contributed by atoms with van der Waals surface area (Å²) in [6.45, 7) is 2.34. The number of para-hydroxylation sites is 1. The third-order valence-electron chi connectivity index (χ3n) is 6.90. The van der Waals surface area contributed by atoms with Gasteiger partial charge in [-0.25, -0.2) is 9.78 Å². The van der Waals surface area contributed by atoms with Crippen LogP contribution >= 0.6 is 0 Å². The molecule has 2 aliphatic heterocycles. The number of alkyl halides is 3. The Morgan fingerprint density at radius 2 is 1.73 bits per heavy atom. The van der Waals surface area contributed by atoms with Crippen LogP contribution in [0.3, 0.4) is 0 Å². The molecule has 1 saturated carbocycles. The highest BCUT2D eigenvalue weighted by atomic mass is 19.4. The van der Waals surface area contributed by atoms with Crippen molar-refractivity contribution < 1.29 is 32.6 Å². The number of carbonyl (C=O) groups excluding carboxylic acids is 1. The molecule has 194 valence electrons. The second-order valence-corrected chi connectivity index (χ2v) is 9.46. The van der Waals surface area contributed by atoms with Gasteiger partial charge in [0, 0.05) is 56.0 Å². The first-order valence-electron chi connectivity index (χ1n) is 12.0. The Morgan fingerprint density at radius 1 is 1.08 bits per heavy atom. The molecule has 6 rings (SSSR count). The number of benzene rings is 1. The summed E-state index contributed by atoms with van der Waals surface area (Å²) < 4.78 is 40.8. The number of amides is 1. The first-order valence-corrected chi connectivity index (χ1v) is 12.0. The number of likely N-dealkylation sites (tertiary alicyclic amines) is 1. The number of hydrogen-bond donors (Lipinski definition) is 1. The van der Waals surface area contributed by atoms with E-state index < -0.39 is 17.7 Å². The Hall–Kier alpha value is -3.89. The molecule has 1 saturated heterocycles. The van der Waals surface area contributed by atoms with Gasteiger partial charge in [-0.05, 0) is 43.0 Å². The van der Waals surface area contributed by atoms with Gasteiger partial charge in [-0.2, -0.15) is 13.2 Å². The summed E-state index contributed by atoms with van der Waals surface area (Å²) in [7, 11) is 0. The van der Waals surface area contributed by atoms with E-state index in [2.05, 4.69) is 15.6 Å². The van der Waals surface area contributed by atoms with Gasteiger partial charge in [-0.1, -0.05) is 12.1 Å². The highest BCUT2D eigenvalue weighted by molar-refractivity contribution is 5.94. The summed E-state index contributed by atoms with van der Waals surface area (Å²) in [5.74, 6) is -1.04. The van der Waals surface area contributed by atoms with Crippen LogP contribution in [-0.2, 0) is 16.9 Å². The minimum Gasteiger partial charge on any atom is -0.480 e. The fourth-order valence-corrected chi connectivity index (χ4v) is 4.87. The summed E-state index contributed by atoms with van der Waals surface area (Å²) in [4.78, 5) is 32.6. The quantitative estimate of drug-likeness (QED) is 0.552. The first kappa shape index (κ1) is 24.8. The number of carboxylic acids is 1. The number of hydrogen-bond acceptors (Lipinski definition) is 5. The molecule has 2 fully saturated rings. The lowest BCUT2D eigenvalue weighted by atomic mass is 9.83. The summed E-state index contributed by atoms with van der Waals surface area (Å²) in [5, 5.41) is 7.12. The topological polar surface area (TPSA) is 97.5 Å². The van der Waals surface area contributed by atoms with E-state index in [4.69, 9.17) is 19.6 Å². The largest absolute Gasteiger partial charge is 0.490 e. The van der Waals surface area contributed by atoms with E-state index in [9.17, 15) is 18.0 Å². The molecule has 1 aromatic carbocycles. The highest BCUT2D eigenvalue weighted by Gasteiger charge is 2.47. The van der Waals surface area contributed by atoms with Crippen molar-refractivity contribution >= 4 is 11.9 Å². The van der Waals surface area contributed by atoms with Crippen LogP contribution in [0, 0.1) is 5.92 Å². The third-order valence-corrected chi connectivity index (χ3v) is 6.90. The minimum absolute atomic E-state index is 0.0650. The standard InChI is InChI=1S/C24H24N4O2.C2HF3O2/c29-23(18-7-11-25-12-8-18)27-13-9-24(10-14-27)22-21(19-3-1-2-4-20(19)30-24)26-16-28(22)15-17-5-6-17;3-2(4,5)1(6)7/h1-4,7-8,11-12,16-17H,5-6,9-10,13-15H2;(H,6,7). The number of piperidine rings is 1. The van der Waals surface area contributed by atoms with E-state index in [0.29, 0.717) is 18.7 Å². The van der Waals surface area contributed by atoms with Crippen LogP contribution < -0.4 is 4.74 Å². The van der Waals surface area contributed by atoms with E-state index in [1.165, 1.54) is 18.5 Å². The van der Waals surface area contributed by atoms with Crippen molar-refractivity contribution in [3.05, 3.63) is 66.4 Å². The number of carboxylic acid groups (broad SMARTS) is 1. The van der Waals surface area contributed by atoms with Gasteiger partial charge in [0.2, 0.25) is 0 Å². The maximum atomic E-state index is 12.9. The summed E-state index contributed by atoms with van der Waals surface area (Å²) in [6.07, 6.45) is 4.37. The van der Waals surface area contributed by atoms with Gasteiger partial charge in [0.05, 0.1) is 17.7 Å². The third kappa shape index (κ3) is 5.03. The van der Waals surface area contributed by atoms with Crippen molar-refractivity contribution in [1.82, 2.24) is 19.4 Å². The average Bonchev–Trinajstić information content (AvgIpc) is 3.60. The molecule has 2 aromatic heterocycles. The molecule has 0 radical (unpaired) electrons. The molecule has 8 nitrogen and oxygen atoms in total. The zero-order chi connectivity index (χ0) is 26.2. The lowest BCUT2D eigenvalue weighted by molar-refractivity contribution is -0.192. The maximum Gasteiger partial charge on any atom is 0.490 e. The lowest BCUT2D eigenvalue weighted by Gasteiger charge is -2.44. The second-order valence-electron chi connectivity index (χ2n) is 9.46. The van der Waals surface area contributed by atoms with Crippen molar-refractivity contribution in [2.75, 3.05) is 13.1 Å². The smallest absolute Gasteiger partial charge is 0.480 e. The molecule has 4 heterocycles. The predicted molar refractivity (Wildman–Crippen MR) is 126 cm³/mol. The first-order chi connectivity index (χ1) is 17.7. The van der Waals surface area contributed by atoms with Crippen LogP contribution in [0.4, 0.5) is 13.2 Å². The maximum absolute atomic E-state index is 12.9. The Morgan fingerprint density at radius 3 is 2.35 bits per heavy atom. The highest BCUT2D eigenvalue weighted by Crippen LogP contribution is 2.49. The number of nitrogens with zero attached hydrogens (tertiary/aromatic N) is 4. The van der Waals surface area contributed by atoms with Gasteiger partial charge >= 0.3 is 12.1 Å². The van der Waals surface area contributed by atoms with Gasteiger partial charge in [0.15, 0.2) is 5.60 Å². The van der Waals surface area contributed by atoms with Crippen LogP contribution in [0.1, 0.15) is 41.7 Å². The number of imidazole rings is 1. The van der Waals surface area contributed by atoms with Gasteiger partial charge in [-0.15, -0.1) is 0 Å². The number of pyridine rings is 1. The molecular weight excluding hydrogens is 489 g/mol. The lowest BCUT2D eigenvalue weighted by Crippen LogP contribution is -2.50. The Labute approximate surface area is 210 Å². The van der Waals surface area contributed by atoms with Gasteiger partial charge in [0.1, 0.15) is 5.75 Å². The number of ether oxygens (including phenoxy) is 1. The molecule has 11 heteroatoms. The SMILES string of the molecule is O=C(O)C(F)(F)F.O=C(c1ccncc1)N1CCC2(CC1)Oc1ccccc1-c1ncn(CC3CC3)c12. The monoisotopic (exact) mass is 514 g/mol. The van der Waals surface area contributed by atoms with E-state index in [1.807, 2.05) is 29.4 Å². The minimum atomic E-state index is -5.08. The summed E-state index contributed by atoms with van der Waals surface area (Å²) in [5.41, 5.74) is 3.58. The van der Waals surface area contributed by atoms with Gasteiger partial charge < -0.3 is 19.3 Å². The fourth-order valence-electron chi connectivity index (χ4n) is 4.87. The molecule has 0 unspecified atom stereocenters. The zero-order valence-corrected chi connectivity index (χ0v) is 19.8. The van der Waals surface area contributed by atoms with E-state index in [0.717, 1.165) is 42.3 Å². The molecule has 1 N–H and O–H groups in total. The van der Waals surface area contributed by atoms with Crippen LogP contribution in [0.5, 0.6) is 5.75 Å². The van der Waals surface area contributed by atoms with Gasteiger partial charge in [-0.3, -0.25) is 9.78 Å². The van der Waals surface area contributed by atoms with E-state index >= 15 is 0 Å². The Bertz CT molecular complexity index is 1300. The molecule has 3 aliphatic rings. The Balaban J connectivity index is 0.000000355. The fraction of sp³-hybridized carbons (Fsp3) is 0.385. The van der Waals surface area contributed by atoms with Crippen molar-refractivity contribution in [3.63, 3.8) is 0 Å². The Kier molecular flexibility index (Phi) is 6.38. The number of carbonyl (C=O) groups is 2. The zero-order valence-electron chi connectivity index (χ0n) is 19.8. The normalized spacial score (nSPS) is 17.6. The molecule has 1 amide bonds. The summed E-state index contributed by atoms with van der Waals surface area (Å²) in [6, 6.07) is 11.7.